The number of amides is 1. The van der Waals surface area contributed by atoms with Gasteiger partial charge >= 0.3 is 0 Å². The van der Waals surface area contributed by atoms with Gasteiger partial charge in [0.25, 0.3) is 11.7 Å². The molecule has 2 heterocycles. The predicted octanol–water partition coefficient (Wildman–Crippen LogP) is 5.49. The molecule has 4 rings (SSSR count). The molecule has 1 amide bonds. The number of carbonyl (C=O) groups excluding carboxylic acids is 2. The van der Waals surface area contributed by atoms with E-state index in [4.69, 9.17) is 9.15 Å². The van der Waals surface area contributed by atoms with E-state index in [0.29, 0.717) is 17.9 Å². The molecule has 1 aliphatic heterocycles. The summed E-state index contributed by atoms with van der Waals surface area (Å²) < 4.78 is 11.2. The summed E-state index contributed by atoms with van der Waals surface area (Å²) in [4.78, 5) is 30.0. The molecule has 0 spiro atoms. The maximum atomic E-state index is 13.3. The summed E-state index contributed by atoms with van der Waals surface area (Å²) in [5.41, 5.74) is 3.14. The van der Waals surface area contributed by atoms with Gasteiger partial charge in [0.05, 0.1) is 31.0 Å². The molecule has 0 saturated carbocycles. The van der Waals surface area contributed by atoms with Gasteiger partial charge in [-0.2, -0.15) is 0 Å². The first-order valence-electron chi connectivity index (χ1n) is 12.1. The van der Waals surface area contributed by atoms with Gasteiger partial charge in [0.15, 0.2) is 0 Å². The highest BCUT2D eigenvalue weighted by atomic mass is 16.5. The number of Topliss-reactive ketones (excluding diaryl/α,β-unsaturated/α-hetero) is 1. The molecule has 188 valence electrons. The van der Waals surface area contributed by atoms with Crippen molar-refractivity contribution in [1.29, 1.82) is 0 Å². The molecule has 1 saturated heterocycles. The molecule has 7 heteroatoms. The molecule has 36 heavy (non-hydrogen) atoms. The summed E-state index contributed by atoms with van der Waals surface area (Å²) in [7, 11) is 3.88. The quantitative estimate of drug-likeness (QED) is 0.256. The number of likely N-dealkylation sites (tertiary alicyclic amines) is 1. The van der Waals surface area contributed by atoms with Crippen LogP contribution in [-0.4, -0.2) is 42.4 Å². The number of ketones is 1. The molecular formula is C29H32N2O5. The van der Waals surface area contributed by atoms with Gasteiger partial charge in [-0.15, -0.1) is 0 Å². The average molecular weight is 489 g/mol. The van der Waals surface area contributed by atoms with Gasteiger partial charge in [-0.05, 0) is 66.4 Å². The van der Waals surface area contributed by atoms with Crippen molar-refractivity contribution in [2.75, 3.05) is 25.6 Å². The smallest absolute Gasteiger partial charge is 0.296 e. The fourth-order valence-electron chi connectivity index (χ4n) is 4.50. The van der Waals surface area contributed by atoms with Crippen molar-refractivity contribution in [3.05, 3.63) is 88.9 Å². The Hall–Kier alpha value is -4.00. The van der Waals surface area contributed by atoms with Crippen molar-refractivity contribution in [3.8, 4) is 5.75 Å². The van der Waals surface area contributed by atoms with Crippen LogP contribution in [0.25, 0.3) is 5.76 Å². The number of furan rings is 1. The first kappa shape index (κ1) is 25.1. The van der Waals surface area contributed by atoms with Gasteiger partial charge in [-0.3, -0.25) is 9.59 Å². The normalized spacial score (nSPS) is 17.2. The van der Waals surface area contributed by atoms with Crippen LogP contribution < -0.4 is 9.64 Å². The fraction of sp³-hybridized carbons (Fsp3) is 0.310. The van der Waals surface area contributed by atoms with Gasteiger partial charge in [0.2, 0.25) is 0 Å². The third kappa shape index (κ3) is 4.73. The van der Waals surface area contributed by atoms with Gasteiger partial charge in [0.1, 0.15) is 17.3 Å². The second-order valence-electron chi connectivity index (χ2n) is 9.33. The van der Waals surface area contributed by atoms with Crippen molar-refractivity contribution in [2.24, 2.45) is 0 Å². The Bertz CT molecular complexity index is 1270. The number of aliphatic hydroxyl groups excluding tert-OH is 1. The number of nitrogens with zero attached hydrogens (tertiary/aromatic N) is 2. The number of ether oxygens (including phenoxy) is 1. The maximum absolute atomic E-state index is 13.3. The molecular weight excluding hydrogens is 456 g/mol. The Balaban J connectivity index is 1.86. The molecule has 1 aromatic heterocycles. The Morgan fingerprint density at radius 3 is 2.42 bits per heavy atom. The van der Waals surface area contributed by atoms with E-state index in [2.05, 4.69) is 0 Å². The average Bonchev–Trinajstić information content (AvgIpc) is 3.46. The van der Waals surface area contributed by atoms with Crippen LogP contribution in [0.4, 0.5) is 5.69 Å². The number of rotatable bonds is 8. The number of carbonyl (C=O) groups is 2. The van der Waals surface area contributed by atoms with Gasteiger partial charge in [-0.1, -0.05) is 26.0 Å². The van der Waals surface area contributed by atoms with E-state index in [9.17, 15) is 14.7 Å². The van der Waals surface area contributed by atoms with Gasteiger partial charge in [-0.25, -0.2) is 0 Å². The summed E-state index contributed by atoms with van der Waals surface area (Å²) in [5.74, 6) is -0.185. The highest BCUT2D eigenvalue weighted by Gasteiger charge is 2.46. The third-order valence-electron chi connectivity index (χ3n) is 6.38. The first-order chi connectivity index (χ1) is 17.2. The molecule has 1 atom stereocenters. The van der Waals surface area contributed by atoms with Crippen LogP contribution in [-0.2, 0) is 16.1 Å². The van der Waals surface area contributed by atoms with Crippen LogP contribution >= 0.6 is 0 Å². The standard InChI is InChI=1S/C29H32N2O5/c1-6-35-24-14-11-20(16-23(24)18(2)3)27(32)25-26(19-9-12-21(13-10-19)30(4)5)31(29(34)28(25)33)17-22-8-7-15-36-22/h7-16,18,26,32H,6,17H2,1-5H3/b27-25-. The zero-order valence-corrected chi connectivity index (χ0v) is 21.3. The lowest BCUT2D eigenvalue weighted by molar-refractivity contribution is -0.140. The van der Waals surface area contributed by atoms with Crippen LogP contribution in [0, 0.1) is 0 Å². The molecule has 2 aromatic carbocycles. The van der Waals surface area contributed by atoms with E-state index < -0.39 is 17.7 Å². The highest BCUT2D eigenvalue weighted by molar-refractivity contribution is 6.46. The largest absolute Gasteiger partial charge is 0.507 e. The van der Waals surface area contributed by atoms with E-state index in [-0.39, 0.29) is 23.8 Å². The number of hydrogen-bond acceptors (Lipinski definition) is 6. The lowest BCUT2D eigenvalue weighted by Gasteiger charge is -2.25. The zero-order chi connectivity index (χ0) is 26.0. The molecule has 1 fully saturated rings. The van der Waals surface area contributed by atoms with Crippen molar-refractivity contribution < 1.29 is 23.8 Å². The topological polar surface area (TPSA) is 83.2 Å². The van der Waals surface area contributed by atoms with Crippen LogP contribution in [0.5, 0.6) is 5.75 Å². The molecule has 0 aliphatic carbocycles. The van der Waals surface area contributed by atoms with Crippen molar-refractivity contribution in [1.82, 2.24) is 4.90 Å². The first-order valence-corrected chi connectivity index (χ1v) is 12.1. The van der Waals surface area contributed by atoms with Crippen LogP contribution in [0.2, 0.25) is 0 Å². The maximum Gasteiger partial charge on any atom is 0.296 e. The van der Waals surface area contributed by atoms with Crippen LogP contribution in [0.15, 0.2) is 70.9 Å². The van der Waals surface area contributed by atoms with Crippen LogP contribution in [0.1, 0.15) is 55.2 Å². The number of benzene rings is 2. The molecule has 0 radical (unpaired) electrons. The lowest BCUT2D eigenvalue weighted by atomic mass is 9.93. The van der Waals surface area contributed by atoms with Crippen molar-refractivity contribution in [3.63, 3.8) is 0 Å². The third-order valence-corrected chi connectivity index (χ3v) is 6.38. The fourth-order valence-corrected chi connectivity index (χ4v) is 4.50. The summed E-state index contributed by atoms with van der Waals surface area (Å²) >= 11 is 0. The van der Waals surface area contributed by atoms with Crippen molar-refractivity contribution in [2.45, 2.75) is 39.3 Å². The molecule has 7 nitrogen and oxygen atoms in total. The second-order valence-corrected chi connectivity index (χ2v) is 9.33. The number of hydrogen-bond donors (Lipinski definition) is 1. The Labute approximate surface area is 211 Å². The summed E-state index contributed by atoms with van der Waals surface area (Å²) in [5, 5.41) is 11.5. The summed E-state index contributed by atoms with van der Waals surface area (Å²) in [6, 6.07) is 15.7. The van der Waals surface area contributed by atoms with E-state index in [1.165, 1.54) is 11.2 Å². The summed E-state index contributed by atoms with van der Waals surface area (Å²) in [6.07, 6.45) is 1.53. The Kier molecular flexibility index (Phi) is 7.20. The molecule has 0 bridgehead atoms. The predicted molar refractivity (Wildman–Crippen MR) is 139 cm³/mol. The minimum Gasteiger partial charge on any atom is -0.507 e. The van der Waals surface area contributed by atoms with Crippen molar-refractivity contribution >= 4 is 23.1 Å². The molecule has 1 N–H and O–H groups in total. The second kappa shape index (κ2) is 10.3. The monoisotopic (exact) mass is 488 g/mol. The molecule has 1 unspecified atom stereocenters. The Morgan fingerprint density at radius 2 is 1.83 bits per heavy atom. The minimum atomic E-state index is -0.764. The Morgan fingerprint density at radius 1 is 1.11 bits per heavy atom. The lowest BCUT2D eigenvalue weighted by Crippen LogP contribution is -2.29. The van der Waals surface area contributed by atoms with Gasteiger partial charge in [0, 0.05) is 25.3 Å². The number of anilines is 1. The zero-order valence-electron chi connectivity index (χ0n) is 21.3. The van der Waals surface area contributed by atoms with Gasteiger partial charge < -0.3 is 24.1 Å². The molecule has 3 aromatic rings. The molecule has 1 aliphatic rings. The van der Waals surface area contributed by atoms with E-state index >= 15 is 0 Å². The van der Waals surface area contributed by atoms with E-state index in [1.807, 2.05) is 70.1 Å². The van der Waals surface area contributed by atoms with E-state index in [1.54, 1.807) is 24.3 Å². The summed E-state index contributed by atoms with van der Waals surface area (Å²) in [6.45, 7) is 6.62. The van der Waals surface area contributed by atoms with Crippen LogP contribution in [0.3, 0.4) is 0 Å². The SMILES string of the molecule is CCOc1ccc(/C(O)=C2/C(=O)C(=O)N(Cc3ccco3)C2c2ccc(N(C)C)cc2)cc1C(C)C. The number of aliphatic hydroxyl groups is 1. The highest BCUT2D eigenvalue weighted by Crippen LogP contribution is 2.41. The van der Waals surface area contributed by atoms with E-state index in [0.717, 1.165) is 22.6 Å². The minimum absolute atomic E-state index is 0.0584.